The van der Waals surface area contributed by atoms with Crippen LogP contribution in [-0.4, -0.2) is 16.5 Å². The van der Waals surface area contributed by atoms with E-state index >= 15 is 0 Å². The Balaban J connectivity index is 2.46. The minimum atomic E-state index is 0.247. The first kappa shape index (κ1) is 14.3. The van der Waals surface area contributed by atoms with Gasteiger partial charge in [0.1, 0.15) is 17.5 Å². The average molecular weight is 271 g/mol. The largest absolute Gasteiger partial charge is 0.326 e. The minimum absolute atomic E-state index is 0.247. The molecule has 1 heterocycles. The van der Waals surface area contributed by atoms with Crippen LogP contribution in [-0.2, 0) is 0 Å². The highest BCUT2D eigenvalue weighted by Crippen LogP contribution is 2.26. The van der Waals surface area contributed by atoms with Crippen molar-refractivity contribution >= 4 is 17.3 Å². The molecule has 20 heavy (non-hydrogen) atoms. The van der Waals surface area contributed by atoms with Gasteiger partial charge in [0.2, 0.25) is 0 Å². The number of nitrogen functional groups attached to an aromatic ring is 1. The quantitative estimate of drug-likeness (QED) is 0.646. The number of nitrogens with two attached hydrogens (primary N) is 1. The molecule has 106 valence electrons. The van der Waals surface area contributed by atoms with Crippen LogP contribution in [0.5, 0.6) is 0 Å². The fraction of sp³-hybridized carbons (Fsp3) is 0.333. The number of rotatable bonds is 5. The van der Waals surface area contributed by atoms with Gasteiger partial charge in [-0.05, 0) is 19.1 Å². The lowest BCUT2D eigenvalue weighted by Gasteiger charge is -2.23. The van der Waals surface area contributed by atoms with Crippen molar-refractivity contribution in [2.24, 2.45) is 5.84 Å². The van der Waals surface area contributed by atoms with Crippen LogP contribution in [0.4, 0.5) is 17.3 Å². The molecule has 0 saturated heterocycles. The molecular formula is C15H21N5. The molecule has 1 aromatic carbocycles. The van der Waals surface area contributed by atoms with Crippen molar-refractivity contribution in [3.63, 3.8) is 0 Å². The third-order valence-electron chi connectivity index (χ3n) is 3.05. The lowest BCUT2D eigenvalue weighted by Crippen LogP contribution is -2.20. The van der Waals surface area contributed by atoms with Crippen molar-refractivity contribution < 1.29 is 0 Å². The molecule has 2 rings (SSSR count). The number of para-hydroxylation sites is 1. The summed E-state index contributed by atoms with van der Waals surface area (Å²) in [5.41, 5.74) is 3.72. The third-order valence-corrected chi connectivity index (χ3v) is 3.05. The van der Waals surface area contributed by atoms with E-state index in [1.807, 2.05) is 24.3 Å². The first-order chi connectivity index (χ1) is 9.65. The predicted molar refractivity (Wildman–Crippen MR) is 83.1 cm³/mol. The van der Waals surface area contributed by atoms with Crippen molar-refractivity contribution in [1.82, 2.24) is 9.97 Å². The van der Waals surface area contributed by atoms with Gasteiger partial charge in [0.05, 0.1) is 0 Å². The van der Waals surface area contributed by atoms with Gasteiger partial charge in [-0.15, -0.1) is 0 Å². The molecule has 0 unspecified atom stereocenters. The van der Waals surface area contributed by atoms with Gasteiger partial charge < -0.3 is 10.3 Å². The maximum absolute atomic E-state index is 5.51. The number of nitrogens with zero attached hydrogens (tertiary/aromatic N) is 3. The summed E-state index contributed by atoms with van der Waals surface area (Å²) in [6.45, 7) is 7.05. The maximum atomic E-state index is 5.51. The smallest absolute Gasteiger partial charge is 0.145 e. The topological polar surface area (TPSA) is 67.1 Å². The molecule has 1 aromatic heterocycles. The third kappa shape index (κ3) is 3.05. The van der Waals surface area contributed by atoms with Crippen LogP contribution in [0.25, 0.3) is 0 Å². The fourth-order valence-corrected chi connectivity index (χ4v) is 2.01. The number of benzene rings is 1. The zero-order valence-electron chi connectivity index (χ0n) is 12.2. The van der Waals surface area contributed by atoms with Gasteiger partial charge in [-0.2, -0.15) is 0 Å². The zero-order chi connectivity index (χ0) is 14.5. The van der Waals surface area contributed by atoms with Gasteiger partial charge in [-0.25, -0.2) is 15.8 Å². The molecule has 2 aromatic rings. The van der Waals surface area contributed by atoms with Crippen LogP contribution in [0, 0.1) is 0 Å². The first-order valence-corrected chi connectivity index (χ1v) is 6.84. The van der Waals surface area contributed by atoms with Crippen LogP contribution >= 0.6 is 0 Å². The Kier molecular flexibility index (Phi) is 4.53. The number of aromatic nitrogens is 2. The second-order valence-electron chi connectivity index (χ2n) is 4.85. The lowest BCUT2D eigenvalue weighted by atomic mass is 10.2. The Morgan fingerprint density at radius 2 is 1.90 bits per heavy atom. The average Bonchev–Trinajstić information content (AvgIpc) is 2.48. The summed E-state index contributed by atoms with van der Waals surface area (Å²) < 4.78 is 0. The highest BCUT2D eigenvalue weighted by molar-refractivity contribution is 5.62. The summed E-state index contributed by atoms with van der Waals surface area (Å²) in [6, 6.07) is 12.0. The number of hydrogen-bond donors (Lipinski definition) is 2. The van der Waals surface area contributed by atoms with E-state index in [4.69, 9.17) is 5.84 Å². The summed E-state index contributed by atoms with van der Waals surface area (Å²) in [5.74, 6) is 8.02. The Bertz CT molecular complexity index is 553. The molecule has 5 nitrogen and oxygen atoms in total. The minimum Gasteiger partial charge on any atom is -0.326 e. The monoisotopic (exact) mass is 271 g/mol. The van der Waals surface area contributed by atoms with Gasteiger partial charge in [-0.3, -0.25) is 0 Å². The highest BCUT2D eigenvalue weighted by atomic mass is 15.3. The van der Waals surface area contributed by atoms with E-state index in [9.17, 15) is 0 Å². The van der Waals surface area contributed by atoms with Crippen molar-refractivity contribution in [2.45, 2.75) is 26.7 Å². The standard InChI is InChI=1S/C15H21N5/c1-4-20(12-8-6-5-7-9-12)14-10-13(19-16)17-15(18-14)11(2)3/h5-11H,4,16H2,1-3H3,(H,17,18,19). The fourth-order valence-electron chi connectivity index (χ4n) is 2.01. The number of hydrogen-bond acceptors (Lipinski definition) is 5. The Morgan fingerprint density at radius 1 is 1.20 bits per heavy atom. The van der Waals surface area contributed by atoms with Gasteiger partial charge in [-0.1, -0.05) is 32.0 Å². The van der Waals surface area contributed by atoms with Gasteiger partial charge in [0, 0.05) is 24.2 Å². The van der Waals surface area contributed by atoms with E-state index in [0.29, 0.717) is 5.82 Å². The molecule has 0 aliphatic rings. The number of hydrazine groups is 1. The Hall–Kier alpha value is -2.14. The molecule has 0 atom stereocenters. The first-order valence-electron chi connectivity index (χ1n) is 6.84. The second kappa shape index (κ2) is 6.34. The molecular weight excluding hydrogens is 250 g/mol. The number of anilines is 3. The summed E-state index contributed by atoms with van der Waals surface area (Å²) in [6.07, 6.45) is 0. The van der Waals surface area contributed by atoms with E-state index in [-0.39, 0.29) is 5.92 Å². The molecule has 0 amide bonds. The molecule has 0 spiro atoms. The van der Waals surface area contributed by atoms with E-state index in [2.05, 4.69) is 53.2 Å². The van der Waals surface area contributed by atoms with Gasteiger partial charge in [0.15, 0.2) is 0 Å². The van der Waals surface area contributed by atoms with Crippen molar-refractivity contribution in [1.29, 1.82) is 0 Å². The zero-order valence-corrected chi connectivity index (χ0v) is 12.2. The second-order valence-corrected chi connectivity index (χ2v) is 4.85. The van der Waals surface area contributed by atoms with Crippen LogP contribution < -0.4 is 16.2 Å². The van der Waals surface area contributed by atoms with E-state index in [1.165, 1.54) is 0 Å². The van der Waals surface area contributed by atoms with Crippen LogP contribution in [0.2, 0.25) is 0 Å². The van der Waals surface area contributed by atoms with Crippen molar-refractivity contribution in [3.05, 3.63) is 42.2 Å². The van der Waals surface area contributed by atoms with E-state index < -0.39 is 0 Å². The highest BCUT2D eigenvalue weighted by Gasteiger charge is 2.13. The molecule has 0 bridgehead atoms. The molecule has 0 radical (unpaired) electrons. The number of nitrogens with one attached hydrogen (secondary N) is 1. The molecule has 0 aliphatic carbocycles. The Labute approximate surface area is 119 Å². The van der Waals surface area contributed by atoms with Crippen LogP contribution in [0.1, 0.15) is 32.5 Å². The summed E-state index contributed by atoms with van der Waals surface area (Å²) >= 11 is 0. The van der Waals surface area contributed by atoms with E-state index in [1.54, 1.807) is 0 Å². The molecule has 0 saturated carbocycles. The summed E-state index contributed by atoms with van der Waals surface area (Å²) in [4.78, 5) is 11.2. The van der Waals surface area contributed by atoms with Crippen molar-refractivity contribution in [3.8, 4) is 0 Å². The molecule has 0 fully saturated rings. The van der Waals surface area contributed by atoms with Crippen LogP contribution in [0.15, 0.2) is 36.4 Å². The SMILES string of the molecule is CCN(c1ccccc1)c1cc(NN)nc(C(C)C)n1. The van der Waals surface area contributed by atoms with Gasteiger partial charge in [0.25, 0.3) is 0 Å². The summed E-state index contributed by atoms with van der Waals surface area (Å²) in [7, 11) is 0. The maximum Gasteiger partial charge on any atom is 0.145 e. The Morgan fingerprint density at radius 3 is 2.45 bits per heavy atom. The normalized spacial score (nSPS) is 10.7. The molecule has 3 N–H and O–H groups in total. The van der Waals surface area contributed by atoms with Gasteiger partial charge >= 0.3 is 0 Å². The van der Waals surface area contributed by atoms with Crippen molar-refractivity contribution in [2.75, 3.05) is 16.9 Å². The molecule has 0 aliphatic heterocycles. The van der Waals surface area contributed by atoms with Crippen LogP contribution in [0.3, 0.4) is 0 Å². The van der Waals surface area contributed by atoms with E-state index in [0.717, 1.165) is 23.9 Å². The predicted octanol–water partition coefficient (Wildman–Crippen LogP) is 3.04. The lowest BCUT2D eigenvalue weighted by molar-refractivity contribution is 0.770. The summed E-state index contributed by atoms with van der Waals surface area (Å²) in [5, 5.41) is 0. The molecule has 5 heteroatoms.